The van der Waals surface area contributed by atoms with Crippen LogP contribution in [-0.4, -0.2) is 19.3 Å². The standard InChI is InChI=1S/C17H27NO2/c1-2-14-6-3-8-16(12-14)19-10-5-11-20-17-9-4-7-15(18)13-17/h4,7,9,13-14,16H,2-3,5-6,8,10-12,18H2,1H3. The lowest BCUT2D eigenvalue weighted by atomic mass is 9.85. The molecule has 1 aliphatic carbocycles. The topological polar surface area (TPSA) is 44.5 Å². The monoisotopic (exact) mass is 277 g/mol. The average Bonchev–Trinajstić information content (AvgIpc) is 2.47. The summed E-state index contributed by atoms with van der Waals surface area (Å²) in [5, 5.41) is 0. The zero-order chi connectivity index (χ0) is 14.2. The van der Waals surface area contributed by atoms with Crippen molar-refractivity contribution < 1.29 is 9.47 Å². The van der Waals surface area contributed by atoms with E-state index < -0.39 is 0 Å². The summed E-state index contributed by atoms with van der Waals surface area (Å²) in [4.78, 5) is 0. The van der Waals surface area contributed by atoms with Crippen LogP contribution in [0.15, 0.2) is 24.3 Å². The average molecular weight is 277 g/mol. The number of anilines is 1. The lowest BCUT2D eigenvalue weighted by molar-refractivity contribution is 0.00767. The molecule has 3 nitrogen and oxygen atoms in total. The minimum atomic E-state index is 0.473. The van der Waals surface area contributed by atoms with Gasteiger partial charge in [0, 0.05) is 18.2 Å². The third-order valence-electron chi connectivity index (χ3n) is 4.08. The van der Waals surface area contributed by atoms with Gasteiger partial charge < -0.3 is 15.2 Å². The Bertz CT molecular complexity index is 394. The molecule has 1 aliphatic rings. The van der Waals surface area contributed by atoms with Crippen LogP contribution in [0.1, 0.15) is 45.4 Å². The first-order valence-corrected chi connectivity index (χ1v) is 7.88. The molecule has 2 rings (SSSR count). The van der Waals surface area contributed by atoms with Crippen molar-refractivity contribution in [1.82, 2.24) is 0 Å². The number of hydrogen-bond donors (Lipinski definition) is 1. The highest BCUT2D eigenvalue weighted by atomic mass is 16.5. The molecular formula is C17H27NO2. The predicted molar refractivity (Wildman–Crippen MR) is 83.0 cm³/mol. The molecule has 1 aromatic carbocycles. The van der Waals surface area contributed by atoms with Crippen molar-refractivity contribution in [3.63, 3.8) is 0 Å². The Morgan fingerprint density at radius 3 is 2.95 bits per heavy atom. The molecule has 1 fully saturated rings. The van der Waals surface area contributed by atoms with E-state index in [0.717, 1.165) is 30.4 Å². The van der Waals surface area contributed by atoms with E-state index in [4.69, 9.17) is 15.2 Å². The van der Waals surface area contributed by atoms with Gasteiger partial charge in [0.2, 0.25) is 0 Å². The van der Waals surface area contributed by atoms with Gasteiger partial charge >= 0.3 is 0 Å². The summed E-state index contributed by atoms with van der Waals surface area (Å²) in [6.45, 7) is 3.77. The van der Waals surface area contributed by atoms with Crippen LogP contribution < -0.4 is 10.5 Å². The first-order chi connectivity index (χ1) is 9.78. The highest BCUT2D eigenvalue weighted by Crippen LogP contribution is 2.28. The molecule has 20 heavy (non-hydrogen) atoms. The third kappa shape index (κ3) is 5.04. The summed E-state index contributed by atoms with van der Waals surface area (Å²) in [5.74, 6) is 1.71. The second kappa shape index (κ2) is 8.15. The number of benzene rings is 1. The van der Waals surface area contributed by atoms with E-state index in [0.29, 0.717) is 12.7 Å². The van der Waals surface area contributed by atoms with E-state index in [2.05, 4.69) is 6.92 Å². The Kier molecular flexibility index (Phi) is 6.19. The van der Waals surface area contributed by atoms with Gasteiger partial charge in [0.15, 0.2) is 0 Å². The summed E-state index contributed by atoms with van der Waals surface area (Å²) in [5.41, 5.74) is 6.45. The van der Waals surface area contributed by atoms with Gasteiger partial charge in [-0.2, -0.15) is 0 Å². The molecule has 2 unspecified atom stereocenters. The van der Waals surface area contributed by atoms with Crippen LogP contribution in [0.4, 0.5) is 5.69 Å². The molecular weight excluding hydrogens is 250 g/mol. The number of nitrogens with two attached hydrogens (primary N) is 1. The molecule has 0 spiro atoms. The van der Waals surface area contributed by atoms with Crippen LogP contribution in [0.3, 0.4) is 0 Å². The quantitative estimate of drug-likeness (QED) is 0.604. The van der Waals surface area contributed by atoms with Gasteiger partial charge in [-0.25, -0.2) is 0 Å². The maximum atomic E-state index is 5.97. The van der Waals surface area contributed by atoms with Crippen LogP contribution in [0.25, 0.3) is 0 Å². The van der Waals surface area contributed by atoms with Crippen molar-refractivity contribution in [3.8, 4) is 5.75 Å². The van der Waals surface area contributed by atoms with E-state index in [1.807, 2.05) is 24.3 Å². The van der Waals surface area contributed by atoms with E-state index in [1.54, 1.807) is 0 Å². The molecule has 2 N–H and O–H groups in total. The Hall–Kier alpha value is -1.22. The van der Waals surface area contributed by atoms with E-state index in [1.165, 1.54) is 32.1 Å². The highest BCUT2D eigenvalue weighted by molar-refractivity contribution is 5.43. The largest absolute Gasteiger partial charge is 0.493 e. The first kappa shape index (κ1) is 15.2. The third-order valence-corrected chi connectivity index (χ3v) is 4.08. The number of hydrogen-bond acceptors (Lipinski definition) is 3. The lowest BCUT2D eigenvalue weighted by Gasteiger charge is -2.28. The SMILES string of the molecule is CCC1CCCC(OCCCOc2cccc(N)c2)C1. The smallest absolute Gasteiger partial charge is 0.121 e. The van der Waals surface area contributed by atoms with Crippen LogP contribution in [0.2, 0.25) is 0 Å². The fourth-order valence-corrected chi connectivity index (χ4v) is 2.87. The molecule has 3 heteroatoms. The molecule has 112 valence electrons. The normalized spacial score (nSPS) is 22.6. The molecule has 0 amide bonds. The highest BCUT2D eigenvalue weighted by Gasteiger charge is 2.20. The Balaban J connectivity index is 1.57. The minimum absolute atomic E-state index is 0.473. The van der Waals surface area contributed by atoms with E-state index in [9.17, 15) is 0 Å². The maximum Gasteiger partial charge on any atom is 0.121 e. The number of nitrogen functional groups attached to an aromatic ring is 1. The van der Waals surface area contributed by atoms with E-state index >= 15 is 0 Å². The summed E-state index contributed by atoms with van der Waals surface area (Å²) < 4.78 is 11.6. The van der Waals surface area contributed by atoms with Crippen molar-refractivity contribution in [2.45, 2.75) is 51.6 Å². The molecule has 0 radical (unpaired) electrons. The summed E-state index contributed by atoms with van der Waals surface area (Å²) in [6, 6.07) is 7.56. The molecule has 0 aromatic heterocycles. The molecule has 1 saturated carbocycles. The fourth-order valence-electron chi connectivity index (χ4n) is 2.87. The zero-order valence-corrected chi connectivity index (χ0v) is 12.5. The van der Waals surface area contributed by atoms with Crippen LogP contribution in [0, 0.1) is 5.92 Å². The summed E-state index contributed by atoms with van der Waals surface area (Å²) >= 11 is 0. The first-order valence-electron chi connectivity index (χ1n) is 7.88. The van der Waals surface area contributed by atoms with Gasteiger partial charge in [-0.15, -0.1) is 0 Å². The Morgan fingerprint density at radius 1 is 1.25 bits per heavy atom. The lowest BCUT2D eigenvalue weighted by Crippen LogP contribution is -2.23. The minimum Gasteiger partial charge on any atom is -0.493 e. The molecule has 0 heterocycles. The predicted octanol–water partition coefficient (Wildman–Crippen LogP) is 4.02. The van der Waals surface area contributed by atoms with Crippen LogP contribution in [-0.2, 0) is 4.74 Å². The second-order valence-corrected chi connectivity index (χ2v) is 5.71. The number of rotatable bonds is 7. The molecule has 0 aliphatic heterocycles. The molecule has 1 aromatic rings. The van der Waals surface area contributed by atoms with Gasteiger partial charge in [-0.05, 0) is 30.9 Å². The van der Waals surface area contributed by atoms with Crippen LogP contribution >= 0.6 is 0 Å². The summed E-state index contributed by atoms with van der Waals surface area (Å²) in [6.07, 6.45) is 7.87. The van der Waals surface area contributed by atoms with Crippen molar-refractivity contribution in [2.24, 2.45) is 5.92 Å². The van der Waals surface area contributed by atoms with Gasteiger partial charge in [-0.3, -0.25) is 0 Å². The van der Waals surface area contributed by atoms with Crippen molar-refractivity contribution in [2.75, 3.05) is 18.9 Å². The van der Waals surface area contributed by atoms with Crippen molar-refractivity contribution >= 4 is 5.69 Å². The van der Waals surface area contributed by atoms with Crippen molar-refractivity contribution in [3.05, 3.63) is 24.3 Å². The molecule has 2 atom stereocenters. The van der Waals surface area contributed by atoms with E-state index in [-0.39, 0.29) is 0 Å². The zero-order valence-electron chi connectivity index (χ0n) is 12.5. The van der Waals surface area contributed by atoms with Gasteiger partial charge in [0.25, 0.3) is 0 Å². The maximum absolute atomic E-state index is 5.97. The fraction of sp³-hybridized carbons (Fsp3) is 0.647. The number of ether oxygens (including phenoxy) is 2. The second-order valence-electron chi connectivity index (χ2n) is 5.71. The van der Waals surface area contributed by atoms with Crippen molar-refractivity contribution in [1.29, 1.82) is 0 Å². The molecule has 0 saturated heterocycles. The van der Waals surface area contributed by atoms with Gasteiger partial charge in [0.05, 0.1) is 19.3 Å². The summed E-state index contributed by atoms with van der Waals surface area (Å²) in [7, 11) is 0. The Morgan fingerprint density at radius 2 is 2.15 bits per heavy atom. The Labute approximate surface area is 122 Å². The van der Waals surface area contributed by atoms with Gasteiger partial charge in [0.1, 0.15) is 5.75 Å². The molecule has 0 bridgehead atoms. The van der Waals surface area contributed by atoms with Crippen LogP contribution in [0.5, 0.6) is 5.75 Å². The van der Waals surface area contributed by atoms with Gasteiger partial charge in [-0.1, -0.05) is 32.3 Å².